The van der Waals surface area contributed by atoms with Gasteiger partial charge in [0.2, 0.25) is 0 Å². The molecule has 30 heavy (non-hydrogen) atoms. The number of hydrogen-bond donors (Lipinski definition) is 2. The number of rotatable bonds is 8. The number of ether oxygens (including phenoxy) is 1. The fourth-order valence-electron chi connectivity index (χ4n) is 2.64. The minimum absolute atomic E-state index is 0.213. The lowest BCUT2D eigenvalue weighted by atomic mass is 10.1. The molecule has 1 heterocycles. The molecule has 2 aromatic carbocycles. The largest absolute Gasteiger partial charge is 0.492 e. The number of nitrogens with one attached hydrogen (secondary N) is 2. The summed E-state index contributed by atoms with van der Waals surface area (Å²) in [5.74, 6) is 0.854. The van der Waals surface area contributed by atoms with Gasteiger partial charge in [-0.3, -0.25) is 9.59 Å². The van der Waals surface area contributed by atoms with E-state index < -0.39 is 0 Å². The summed E-state index contributed by atoms with van der Waals surface area (Å²) < 4.78 is 11.6. The Kier molecular flexibility index (Phi) is 7.30. The molecule has 6 nitrogen and oxygen atoms in total. The molecule has 1 aromatic heterocycles. The molecule has 0 radical (unpaired) electrons. The normalized spacial score (nSPS) is 10.7. The van der Waals surface area contributed by atoms with Crippen molar-refractivity contribution in [3.63, 3.8) is 0 Å². The first-order valence-electron chi connectivity index (χ1n) is 9.61. The third-order valence-electron chi connectivity index (χ3n) is 4.27. The van der Waals surface area contributed by atoms with E-state index in [1.807, 2.05) is 0 Å². The molecule has 3 aromatic rings. The fraction of sp³-hybridized carbons (Fsp3) is 0.217. The quantitative estimate of drug-likeness (QED) is 0.424. The molecule has 0 aliphatic heterocycles. The van der Waals surface area contributed by atoms with Crippen molar-refractivity contribution in [2.75, 3.05) is 17.2 Å². The van der Waals surface area contributed by atoms with E-state index >= 15 is 0 Å². The van der Waals surface area contributed by atoms with Crippen LogP contribution >= 0.6 is 15.9 Å². The van der Waals surface area contributed by atoms with Crippen molar-refractivity contribution in [3.05, 3.63) is 76.7 Å². The van der Waals surface area contributed by atoms with Crippen molar-refractivity contribution in [2.45, 2.75) is 20.3 Å². The SMILES string of the molecule is CC(C)CCOc1ccc(C(=O)Nc2cccc(NC(=O)c3ccco3)c2)cc1Br. The highest BCUT2D eigenvalue weighted by Gasteiger charge is 2.12. The van der Waals surface area contributed by atoms with Gasteiger partial charge in [-0.05, 0) is 76.8 Å². The predicted molar refractivity (Wildman–Crippen MR) is 120 cm³/mol. The lowest BCUT2D eigenvalue weighted by Crippen LogP contribution is -2.13. The highest BCUT2D eigenvalue weighted by atomic mass is 79.9. The van der Waals surface area contributed by atoms with Crippen LogP contribution in [-0.4, -0.2) is 18.4 Å². The standard InChI is InChI=1S/C23H23BrN2O4/c1-15(2)10-12-30-20-9-8-16(13-19(20)24)22(27)25-17-5-3-6-18(14-17)26-23(28)21-7-4-11-29-21/h3-9,11,13-15H,10,12H2,1-2H3,(H,25,27)(H,26,28). The van der Waals surface area contributed by atoms with Crippen LogP contribution in [0.2, 0.25) is 0 Å². The zero-order valence-corrected chi connectivity index (χ0v) is 18.4. The monoisotopic (exact) mass is 470 g/mol. The highest BCUT2D eigenvalue weighted by molar-refractivity contribution is 9.10. The molecule has 0 unspecified atom stereocenters. The van der Waals surface area contributed by atoms with E-state index in [-0.39, 0.29) is 17.6 Å². The van der Waals surface area contributed by atoms with Crippen LogP contribution in [0, 0.1) is 5.92 Å². The summed E-state index contributed by atoms with van der Waals surface area (Å²) in [4.78, 5) is 24.7. The average Bonchev–Trinajstić information content (AvgIpc) is 3.24. The van der Waals surface area contributed by atoms with Gasteiger partial charge in [0.05, 0.1) is 17.3 Å². The van der Waals surface area contributed by atoms with Crippen LogP contribution in [-0.2, 0) is 0 Å². The minimum Gasteiger partial charge on any atom is -0.492 e. The summed E-state index contributed by atoms with van der Waals surface area (Å²) in [5.41, 5.74) is 1.60. The number of furan rings is 1. The second kappa shape index (κ2) is 10.1. The van der Waals surface area contributed by atoms with Crippen LogP contribution in [0.4, 0.5) is 11.4 Å². The zero-order valence-electron chi connectivity index (χ0n) is 16.8. The number of benzene rings is 2. The first kappa shape index (κ1) is 21.6. The van der Waals surface area contributed by atoms with Gasteiger partial charge in [-0.1, -0.05) is 19.9 Å². The third kappa shape index (κ3) is 5.97. The first-order valence-corrected chi connectivity index (χ1v) is 10.4. The number of anilines is 2. The Morgan fingerprint density at radius 2 is 1.73 bits per heavy atom. The molecule has 7 heteroatoms. The Morgan fingerprint density at radius 1 is 1.00 bits per heavy atom. The van der Waals surface area contributed by atoms with E-state index in [4.69, 9.17) is 9.15 Å². The summed E-state index contributed by atoms with van der Waals surface area (Å²) in [7, 11) is 0. The van der Waals surface area contributed by atoms with Crippen molar-refractivity contribution in [1.29, 1.82) is 0 Å². The minimum atomic E-state index is -0.361. The van der Waals surface area contributed by atoms with Gasteiger partial charge < -0.3 is 19.8 Å². The van der Waals surface area contributed by atoms with Crippen LogP contribution in [0.5, 0.6) is 5.75 Å². The maximum Gasteiger partial charge on any atom is 0.291 e. The molecular formula is C23H23BrN2O4. The van der Waals surface area contributed by atoms with Crippen molar-refractivity contribution in [3.8, 4) is 5.75 Å². The molecule has 0 saturated carbocycles. The Balaban J connectivity index is 1.63. The van der Waals surface area contributed by atoms with Gasteiger partial charge in [0.25, 0.3) is 11.8 Å². The van der Waals surface area contributed by atoms with E-state index in [0.29, 0.717) is 35.2 Å². The van der Waals surface area contributed by atoms with Crippen LogP contribution < -0.4 is 15.4 Å². The van der Waals surface area contributed by atoms with Gasteiger partial charge >= 0.3 is 0 Å². The van der Waals surface area contributed by atoms with Gasteiger partial charge in [0, 0.05) is 16.9 Å². The summed E-state index contributed by atoms with van der Waals surface area (Å²) in [6.07, 6.45) is 2.39. The Bertz CT molecular complexity index is 1020. The molecule has 3 rings (SSSR count). The van der Waals surface area contributed by atoms with Crippen molar-refractivity contribution in [1.82, 2.24) is 0 Å². The fourth-order valence-corrected chi connectivity index (χ4v) is 3.14. The van der Waals surface area contributed by atoms with Crippen LogP contribution in [0.25, 0.3) is 0 Å². The number of amides is 2. The maximum absolute atomic E-state index is 12.6. The van der Waals surface area contributed by atoms with Crippen LogP contribution in [0.3, 0.4) is 0 Å². The molecule has 0 fully saturated rings. The second-order valence-corrected chi connectivity index (χ2v) is 8.00. The summed E-state index contributed by atoms with van der Waals surface area (Å²) in [6.45, 7) is 4.91. The van der Waals surface area contributed by atoms with Gasteiger partial charge in [-0.2, -0.15) is 0 Å². The van der Waals surface area contributed by atoms with Crippen molar-refractivity contribution < 1.29 is 18.7 Å². The van der Waals surface area contributed by atoms with Crippen LogP contribution in [0.15, 0.2) is 69.8 Å². The predicted octanol–water partition coefficient (Wildman–Crippen LogP) is 5.97. The topological polar surface area (TPSA) is 80.6 Å². The lowest BCUT2D eigenvalue weighted by molar-refractivity contribution is 0.0995. The van der Waals surface area contributed by atoms with Crippen LogP contribution in [0.1, 0.15) is 41.2 Å². The van der Waals surface area contributed by atoms with Gasteiger partial charge in [-0.15, -0.1) is 0 Å². The number of halogens is 1. The zero-order chi connectivity index (χ0) is 21.5. The van der Waals surface area contributed by atoms with E-state index in [0.717, 1.165) is 10.9 Å². The van der Waals surface area contributed by atoms with E-state index in [9.17, 15) is 9.59 Å². The van der Waals surface area contributed by atoms with E-state index in [2.05, 4.69) is 40.4 Å². The molecule has 156 valence electrons. The molecule has 0 aliphatic rings. The summed E-state index contributed by atoms with van der Waals surface area (Å²) in [6, 6.07) is 15.3. The Morgan fingerprint density at radius 3 is 2.37 bits per heavy atom. The third-order valence-corrected chi connectivity index (χ3v) is 4.89. The molecule has 0 atom stereocenters. The Labute approximate surface area is 183 Å². The van der Waals surface area contributed by atoms with Gasteiger partial charge in [0.1, 0.15) is 5.75 Å². The van der Waals surface area contributed by atoms with Gasteiger partial charge in [0.15, 0.2) is 5.76 Å². The van der Waals surface area contributed by atoms with Crippen molar-refractivity contribution >= 4 is 39.1 Å². The number of carbonyl (C=O) groups is 2. The second-order valence-electron chi connectivity index (χ2n) is 7.14. The molecular weight excluding hydrogens is 448 g/mol. The van der Waals surface area contributed by atoms with E-state index in [1.165, 1.54) is 6.26 Å². The van der Waals surface area contributed by atoms with E-state index in [1.54, 1.807) is 54.6 Å². The van der Waals surface area contributed by atoms with Gasteiger partial charge in [-0.25, -0.2) is 0 Å². The lowest BCUT2D eigenvalue weighted by Gasteiger charge is -2.12. The maximum atomic E-state index is 12.6. The number of carbonyl (C=O) groups excluding carboxylic acids is 2. The highest BCUT2D eigenvalue weighted by Crippen LogP contribution is 2.27. The molecule has 0 bridgehead atoms. The first-order chi connectivity index (χ1) is 14.4. The molecule has 0 saturated heterocycles. The van der Waals surface area contributed by atoms with Crippen molar-refractivity contribution in [2.24, 2.45) is 5.92 Å². The number of hydrogen-bond acceptors (Lipinski definition) is 4. The molecule has 0 aliphatic carbocycles. The smallest absolute Gasteiger partial charge is 0.291 e. The summed E-state index contributed by atoms with van der Waals surface area (Å²) >= 11 is 3.46. The molecule has 0 spiro atoms. The Hall–Kier alpha value is -3.06. The molecule has 2 N–H and O–H groups in total. The average molecular weight is 471 g/mol. The molecule has 2 amide bonds. The summed E-state index contributed by atoms with van der Waals surface area (Å²) in [5, 5.41) is 5.57.